The van der Waals surface area contributed by atoms with Gasteiger partial charge in [0, 0.05) is 10.4 Å². The normalized spacial score (nSPS) is 11.0. The van der Waals surface area contributed by atoms with Crippen LogP contribution in [-0.4, -0.2) is 16.1 Å². The Bertz CT molecular complexity index is 717. The summed E-state index contributed by atoms with van der Waals surface area (Å²) in [5, 5.41) is 20.4. The van der Waals surface area contributed by atoms with Crippen LogP contribution < -0.4 is 4.74 Å². The summed E-state index contributed by atoms with van der Waals surface area (Å²) < 4.78 is 5.53. The largest absolute Gasteiger partial charge is 0.486 e. The number of carboxylic acid groups (broad SMARTS) is 1. The fourth-order valence-electron chi connectivity index (χ4n) is 1.42. The van der Waals surface area contributed by atoms with Gasteiger partial charge in [0.2, 0.25) is 0 Å². The standard InChI is InChI=1S/C14H9ClN2O3S/c15-10-1-3-12(4-2-10)20-7-13-17-11(8-21-13)5-9(6-16)14(18)19/h1-5,8H,7H2,(H,18,19). The van der Waals surface area contributed by atoms with Gasteiger partial charge in [0.15, 0.2) is 0 Å². The van der Waals surface area contributed by atoms with Crippen molar-refractivity contribution in [3.8, 4) is 11.8 Å². The molecule has 7 heteroatoms. The molecular formula is C14H9ClN2O3S. The van der Waals surface area contributed by atoms with Crippen molar-refractivity contribution in [2.75, 3.05) is 0 Å². The Morgan fingerprint density at radius 1 is 1.48 bits per heavy atom. The van der Waals surface area contributed by atoms with Crippen LogP contribution in [0, 0.1) is 11.3 Å². The Morgan fingerprint density at radius 3 is 2.81 bits per heavy atom. The van der Waals surface area contributed by atoms with E-state index in [1.54, 1.807) is 35.7 Å². The minimum absolute atomic E-state index is 0.259. The van der Waals surface area contributed by atoms with Crippen LogP contribution in [-0.2, 0) is 11.4 Å². The zero-order chi connectivity index (χ0) is 15.2. The molecule has 106 valence electrons. The van der Waals surface area contributed by atoms with Crippen LogP contribution in [0.15, 0.2) is 35.2 Å². The quantitative estimate of drug-likeness (QED) is 0.674. The van der Waals surface area contributed by atoms with E-state index in [-0.39, 0.29) is 12.2 Å². The number of nitrogens with zero attached hydrogens (tertiary/aromatic N) is 2. The molecule has 1 N–H and O–H groups in total. The topological polar surface area (TPSA) is 83.2 Å². The van der Waals surface area contributed by atoms with E-state index in [4.69, 9.17) is 26.7 Å². The minimum atomic E-state index is -1.27. The molecule has 0 radical (unpaired) electrons. The van der Waals surface area contributed by atoms with Crippen molar-refractivity contribution in [1.82, 2.24) is 4.98 Å². The van der Waals surface area contributed by atoms with Gasteiger partial charge in [-0.3, -0.25) is 0 Å². The minimum Gasteiger partial charge on any atom is -0.486 e. The molecule has 0 spiro atoms. The van der Waals surface area contributed by atoms with E-state index in [1.807, 2.05) is 0 Å². The number of aromatic nitrogens is 1. The van der Waals surface area contributed by atoms with Crippen molar-refractivity contribution in [1.29, 1.82) is 5.26 Å². The summed E-state index contributed by atoms with van der Waals surface area (Å²) in [6.45, 7) is 0.259. The molecule has 1 aromatic heterocycles. The molecule has 0 unspecified atom stereocenters. The highest BCUT2D eigenvalue weighted by Gasteiger charge is 2.08. The van der Waals surface area contributed by atoms with Crippen molar-refractivity contribution in [2.45, 2.75) is 6.61 Å². The zero-order valence-electron chi connectivity index (χ0n) is 10.6. The number of rotatable bonds is 5. The number of halogens is 1. The van der Waals surface area contributed by atoms with Crippen LogP contribution in [0.4, 0.5) is 0 Å². The third-order valence-corrected chi connectivity index (χ3v) is 3.48. The maximum atomic E-state index is 10.7. The van der Waals surface area contributed by atoms with Crippen molar-refractivity contribution in [3.05, 3.63) is 50.9 Å². The molecule has 0 saturated carbocycles. The summed E-state index contributed by atoms with van der Waals surface area (Å²) in [4.78, 5) is 14.9. The molecule has 0 atom stereocenters. The average molecular weight is 321 g/mol. The molecule has 1 aromatic carbocycles. The lowest BCUT2D eigenvalue weighted by atomic mass is 10.2. The van der Waals surface area contributed by atoms with E-state index in [2.05, 4.69) is 4.98 Å². The molecule has 0 bridgehead atoms. The van der Waals surface area contributed by atoms with Crippen LogP contribution in [0.5, 0.6) is 5.75 Å². The van der Waals surface area contributed by atoms with E-state index in [9.17, 15) is 4.79 Å². The first kappa shape index (κ1) is 15.0. The third kappa shape index (κ3) is 4.31. The lowest BCUT2D eigenvalue weighted by Gasteiger charge is -2.03. The van der Waals surface area contributed by atoms with Gasteiger partial charge in [0.1, 0.15) is 29.0 Å². The highest BCUT2D eigenvalue weighted by Crippen LogP contribution is 2.19. The lowest BCUT2D eigenvalue weighted by molar-refractivity contribution is -0.132. The van der Waals surface area contributed by atoms with Gasteiger partial charge in [-0.15, -0.1) is 11.3 Å². The van der Waals surface area contributed by atoms with Crippen LogP contribution in [0.1, 0.15) is 10.7 Å². The van der Waals surface area contributed by atoms with Gasteiger partial charge in [-0.05, 0) is 30.3 Å². The number of carbonyl (C=O) groups is 1. The summed E-state index contributed by atoms with van der Waals surface area (Å²) >= 11 is 7.10. The summed E-state index contributed by atoms with van der Waals surface area (Å²) in [7, 11) is 0. The fourth-order valence-corrected chi connectivity index (χ4v) is 2.21. The first-order valence-electron chi connectivity index (χ1n) is 5.76. The van der Waals surface area contributed by atoms with E-state index >= 15 is 0 Å². The van der Waals surface area contributed by atoms with Crippen LogP contribution in [0.2, 0.25) is 5.02 Å². The van der Waals surface area contributed by atoms with Crippen molar-refractivity contribution >= 4 is 35.0 Å². The first-order valence-corrected chi connectivity index (χ1v) is 7.02. The molecule has 0 saturated heterocycles. The van der Waals surface area contributed by atoms with Crippen LogP contribution in [0.3, 0.4) is 0 Å². The molecule has 0 aliphatic heterocycles. The number of benzene rings is 1. The maximum Gasteiger partial charge on any atom is 0.346 e. The average Bonchev–Trinajstić information content (AvgIpc) is 2.91. The van der Waals surface area contributed by atoms with Gasteiger partial charge in [-0.25, -0.2) is 9.78 Å². The van der Waals surface area contributed by atoms with E-state index in [0.29, 0.717) is 21.5 Å². The molecule has 2 rings (SSSR count). The number of nitriles is 1. The van der Waals surface area contributed by atoms with Crippen LogP contribution in [0.25, 0.3) is 6.08 Å². The molecular weight excluding hydrogens is 312 g/mol. The van der Waals surface area contributed by atoms with Gasteiger partial charge in [-0.2, -0.15) is 5.26 Å². The second-order valence-electron chi connectivity index (χ2n) is 3.88. The van der Waals surface area contributed by atoms with E-state index in [1.165, 1.54) is 17.4 Å². The smallest absolute Gasteiger partial charge is 0.346 e. The highest BCUT2D eigenvalue weighted by atomic mass is 35.5. The first-order chi connectivity index (χ1) is 10.1. The summed E-state index contributed by atoms with van der Waals surface area (Å²) in [5.74, 6) is -0.612. The summed E-state index contributed by atoms with van der Waals surface area (Å²) in [5.41, 5.74) is 0.0686. The Labute approximate surface area is 129 Å². The molecule has 0 aliphatic carbocycles. The number of hydrogen-bond acceptors (Lipinski definition) is 5. The molecule has 0 fully saturated rings. The van der Waals surface area contributed by atoms with Gasteiger partial charge < -0.3 is 9.84 Å². The Morgan fingerprint density at radius 2 is 2.19 bits per heavy atom. The molecule has 2 aromatic rings. The maximum absolute atomic E-state index is 10.7. The van der Waals surface area contributed by atoms with E-state index in [0.717, 1.165) is 0 Å². The second kappa shape index (κ2) is 6.88. The summed E-state index contributed by atoms with van der Waals surface area (Å²) in [6.07, 6.45) is 1.23. The number of carboxylic acids is 1. The molecule has 21 heavy (non-hydrogen) atoms. The number of hydrogen-bond donors (Lipinski definition) is 1. The highest BCUT2D eigenvalue weighted by molar-refractivity contribution is 7.09. The number of thiazole rings is 1. The zero-order valence-corrected chi connectivity index (χ0v) is 12.2. The predicted molar refractivity (Wildman–Crippen MR) is 79.1 cm³/mol. The van der Waals surface area contributed by atoms with Crippen molar-refractivity contribution < 1.29 is 14.6 Å². The number of ether oxygens (including phenoxy) is 1. The fraction of sp³-hybridized carbons (Fsp3) is 0.0714. The second-order valence-corrected chi connectivity index (χ2v) is 5.26. The number of aliphatic carboxylic acids is 1. The van der Waals surface area contributed by atoms with Gasteiger partial charge in [0.25, 0.3) is 0 Å². The van der Waals surface area contributed by atoms with E-state index < -0.39 is 5.97 Å². The monoisotopic (exact) mass is 320 g/mol. The predicted octanol–water partition coefficient (Wildman–Crippen LogP) is 3.37. The van der Waals surface area contributed by atoms with Crippen molar-refractivity contribution in [3.63, 3.8) is 0 Å². The van der Waals surface area contributed by atoms with Gasteiger partial charge in [0.05, 0.1) is 5.69 Å². The SMILES string of the molecule is N#CC(=Cc1csc(COc2ccc(Cl)cc2)n1)C(=O)O. The van der Waals surface area contributed by atoms with Gasteiger partial charge in [-0.1, -0.05) is 11.6 Å². The molecule has 0 amide bonds. The molecule has 5 nitrogen and oxygen atoms in total. The summed E-state index contributed by atoms with van der Waals surface area (Å²) in [6, 6.07) is 8.54. The van der Waals surface area contributed by atoms with Gasteiger partial charge >= 0.3 is 5.97 Å². The Balaban J connectivity index is 2.02. The van der Waals surface area contributed by atoms with Crippen LogP contribution >= 0.6 is 22.9 Å². The molecule has 0 aliphatic rings. The third-order valence-electron chi connectivity index (χ3n) is 2.39. The molecule has 1 heterocycles. The lowest BCUT2D eigenvalue weighted by Crippen LogP contribution is -1.98. The van der Waals surface area contributed by atoms with Crippen molar-refractivity contribution in [2.24, 2.45) is 0 Å². The Hall–Kier alpha value is -2.36. The Kier molecular flexibility index (Phi) is 4.93.